The number of nitrogens with zero attached hydrogens (tertiary/aromatic N) is 3. The van der Waals surface area contributed by atoms with E-state index < -0.39 is 33.6 Å². The van der Waals surface area contributed by atoms with Crippen molar-refractivity contribution in [2.75, 3.05) is 23.3 Å². The third kappa shape index (κ3) is 6.75. The Morgan fingerprint density at radius 1 is 1.19 bits per heavy atom. The molecule has 0 bridgehead atoms. The first-order valence-electron chi connectivity index (χ1n) is 13.1. The highest BCUT2D eigenvalue weighted by Crippen LogP contribution is 2.37. The number of alkyl halides is 2. The van der Waals surface area contributed by atoms with E-state index in [2.05, 4.69) is 20.6 Å². The number of aromatic nitrogens is 4. The lowest BCUT2D eigenvalue weighted by atomic mass is 10.1. The maximum absolute atomic E-state index is 13.4. The van der Waals surface area contributed by atoms with Gasteiger partial charge in [-0.1, -0.05) is 18.2 Å². The largest absolute Gasteiger partial charge is 0.484 e. The molecule has 0 spiro atoms. The van der Waals surface area contributed by atoms with Crippen LogP contribution in [0.2, 0.25) is 0 Å². The van der Waals surface area contributed by atoms with Gasteiger partial charge in [-0.05, 0) is 49.6 Å². The van der Waals surface area contributed by atoms with Crippen LogP contribution < -0.4 is 20.5 Å². The fourth-order valence-corrected chi connectivity index (χ4v) is 5.18. The van der Waals surface area contributed by atoms with Gasteiger partial charge in [-0.25, -0.2) is 12.8 Å². The Morgan fingerprint density at radius 3 is 2.58 bits per heavy atom. The molecule has 43 heavy (non-hydrogen) atoms. The van der Waals surface area contributed by atoms with Crippen molar-refractivity contribution < 1.29 is 35.9 Å². The van der Waals surface area contributed by atoms with Crippen LogP contribution in [0.1, 0.15) is 47.8 Å². The summed E-state index contributed by atoms with van der Waals surface area (Å²) >= 11 is 0. The maximum Gasteiger partial charge on any atom is 0.355 e. The Morgan fingerprint density at radius 2 is 1.91 bits per heavy atom. The number of rotatable bonds is 11. The predicted molar refractivity (Wildman–Crippen MR) is 151 cm³/mol. The number of ether oxygens (including phenoxy) is 2. The lowest BCUT2D eigenvalue weighted by molar-refractivity contribution is 0.0662. The van der Waals surface area contributed by atoms with Gasteiger partial charge in [0, 0.05) is 25.0 Å². The summed E-state index contributed by atoms with van der Waals surface area (Å²) in [7, 11) is -5.05. The zero-order valence-corrected chi connectivity index (χ0v) is 23.6. The van der Waals surface area contributed by atoms with Crippen LogP contribution in [0.4, 0.5) is 30.4 Å². The van der Waals surface area contributed by atoms with E-state index in [9.17, 15) is 26.4 Å². The highest BCUT2D eigenvalue weighted by molar-refractivity contribution is 7.93. The minimum absolute atomic E-state index is 0.0164. The fraction of sp³-hybridized carbons (Fsp3) is 0.296. The van der Waals surface area contributed by atoms with E-state index in [1.165, 1.54) is 42.5 Å². The number of nitrogens with one attached hydrogen (secondary N) is 3. The molecular formula is C27H28F3N7O5S. The van der Waals surface area contributed by atoms with Crippen LogP contribution in [0.5, 0.6) is 5.75 Å². The molecule has 1 aliphatic heterocycles. The Bertz CT molecular complexity index is 1700. The van der Waals surface area contributed by atoms with Crippen molar-refractivity contribution >= 4 is 33.1 Å². The highest BCUT2D eigenvalue weighted by Gasteiger charge is 2.27. The number of aromatic amines is 1. The van der Waals surface area contributed by atoms with Crippen LogP contribution in [-0.4, -0.2) is 53.3 Å². The molecule has 1 aliphatic rings. The number of amides is 1. The summed E-state index contributed by atoms with van der Waals surface area (Å²) in [5.41, 5.74) is 6.86. The van der Waals surface area contributed by atoms with Gasteiger partial charge in [-0.2, -0.15) is 19.0 Å². The number of halogens is 3. The Balaban J connectivity index is 1.47. The molecule has 1 atom stereocenters. The SMILES string of the molecule is CC(Oc1cc(-c2n[nH]c(Nc3cnn(C4CCOCC4)c3)c2C(N)=O)ccc1NS(=O)(=O)C(F)F)c1ccc(F)cc1. The van der Waals surface area contributed by atoms with E-state index >= 15 is 0 Å². The maximum atomic E-state index is 13.4. The van der Waals surface area contributed by atoms with Gasteiger partial charge in [0.15, 0.2) is 0 Å². The van der Waals surface area contributed by atoms with Gasteiger partial charge >= 0.3 is 5.76 Å². The number of carbonyl (C=O) groups excluding carboxylic acids is 1. The molecule has 16 heteroatoms. The van der Waals surface area contributed by atoms with E-state index in [4.69, 9.17) is 15.2 Å². The molecule has 2 aromatic carbocycles. The number of hydrogen-bond acceptors (Lipinski definition) is 8. The minimum atomic E-state index is -5.05. The van der Waals surface area contributed by atoms with Gasteiger partial charge in [-0.3, -0.25) is 19.3 Å². The molecule has 1 fully saturated rings. The number of nitrogens with two attached hydrogens (primary N) is 1. The molecule has 12 nitrogen and oxygen atoms in total. The molecule has 1 saturated heterocycles. The van der Waals surface area contributed by atoms with Crippen LogP contribution in [0.25, 0.3) is 11.3 Å². The second-order valence-corrected chi connectivity index (χ2v) is 11.4. The summed E-state index contributed by atoms with van der Waals surface area (Å²) in [6.07, 6.45) is 4.25. The van der Waals surface area contributed by atoms with Crippen LogP contribution in [0, 0.1) is 5.82 Å². The second kappa shape index (κ2) is 12.3. The Hall–Kier alpha value is -4.57. The normalized spacial score (nSPS) is 14.9. The van der Waals surface area contributed by atoms with Crippen LogP contribution in [-0.2, 0) is 14.8 Å². The quantitative estimate of drug-likeness (QED) is 0.187. The van der Waals surface area contributed by atoms with E-state index in [1.54, 1.807) is 19.3 Å². The Kier molecular flexibility index (Phi) is 8.59. The molecule has 5 rings (SSSR count). The molecule has 0 radical (unpaired) electrons. The summed E-state index contributed by atoms with van der Waals surface area (Å²) in [5, 5.41) is 14.4. The average molecular weight is 620 g/mol. The molecule has 1 amide bonds. The zero-order chi connectivity index (χ0) is 30.7. The van der Waals surface area contributed by atoms with Crippen LogP contribution in [0.15, 0.2) is 54.9 Å². The van der Waals surface area contributed by atoms with Gasteiger partial charge in [0.2, 0.25) is 0 Å². The van der Waals surface area contributed by atoms with Crippen molar-refractivity contribution in [1.82, 2.24) is 20.0 Å². The number of primary amides is 1. The van der Waals surface area contributed by atoms with E-state index in [1.807, 2.05) is 9.40 Å². The first-order valence-corrected chi connectivity index (χ1v) is 14.7. The number of sulfonamides is 1. The van der Waals surface area contributed by atoms with Crippen molar-refractivity contribution in [3.63, 3.8) is 0 Å². The number of H-pyrrole nitrogens is 1. The van der Waals surface area contributed by atoms with Gasteiger partial charge < -0.3 is 20.5 Å². The smallest absolute Gasteiger partial charge is 0.355 e. The number of anilines is 3. The summed E-state index contributed by atoms with van der Waals surface area (Å²) < 4.78 is 78.6. The number of benzene rings is 2. The lowest BCUT2D eigenvalue weighted by Gasteiger charge is -2.22. The molecule has 4 aromatic rings. The average Bonchev–Trinajstić information content (AvgIpc) is 3.62. The third-order valence-corrected chi connectivity index (χ3v) is 7.81. The van der Waals surface area contributed by atoms with Gasteiger partial charge in [0.05, 0.1) is 23.6 Å². The molecular weight excluding hydrogens is 591 g/mol. The van der Waals surface area contributed by atoms with E-state index in [-0.39, 0.29) is 40.1 Å². The first kappa shape index (κ1) is 29.9. The van der Waals surface area contributed by atoms with Crippen LogP contribution >= 0.6 is 0 Å². The number of hydrogen-bond donors (Lipinski definition) is 4. The van der Waals surface area contributed by atoms with Crippen molar-refractivity contribution in [3.8, 4) is 17.0 Å². The minimum Gasteiger partial charge on any atom is -0.484 e. The second-order valence-electron chi connectivity index (χ2n) is 9.79. The standard InChI is InChI=1S/C27H28F3N7O5S/c1-15(16-2-5-18(28)6-3-16)42-22-12-17(4-7-21(22)36-43(39,40)27(29)30)24-23(25(31)38)26(35-34-24)33-19-13-32-37(14-19)20-8-10-41-11-9-20/h2-7,12-15,20,27,36H,8-11H2,1H3,(H2,31,38)(H2,33,34,35). The number of carbonyl (C=O) groups is 1. The molecule has 1 unspecified atom stereocenters. The fourth-order valence-electron chi connectivity index (χ4n) is 4.62. The Labute approximate surface area is 244 Å². The highest BCUT2D eigenvalue weighted by atomic mass is 32.2. The summed E-state index contributed by atoms with van der Waals surface area (Å²) in [6.45, 7) is 2.89. The summed E-state index contributed by atoms with van der Waals surface area (Å²) in [5.74, 6) is -4.97. The lowest BCUT2D eigenvalue weighted by Crippen LogP contribution is -2.21. The zero-order valence-electron chi connectivity index (χ0n) is 22.8. The third-order valence-electron chi connectivity index (χ3n) is 6.83. The van der Waals surface area contributed by atoms with Gasteiger partial charge in [0.1, 0.15) is 34.7 Å². The monoisotopic (exact) mass is 619 g/mol. The molecule has 2 aromatic heterocycles. The van der Waals surface area contributed by atoms with Gasteiger partial charge in [-0.15, -0.1) is 0 Å². The molecule has 228 valence electrons. The topological polar surface area (TPSA) is 166 Å². The van der Waals surface area contributed by atoms with E-state index in [0.29, 0.717) is 24.5 Å². The molecule has 0 saturated carbocycles. The van der Waals surface area contributed by atoms with Crippen molar-refractivity contribution in [2.45, 2.75) is 37.7 Å². The first-order chi connectivity index (χ1) is 20.5. The van der Waals surface area contributed by atoms with Gasteiger partial charge in [0.25, 0.3) is 15.9 Å². The van der Waals surface area contributed by atoms with Crippen molar-refractivity contribution in [3.05, 3.63) is 71.8 Å². The van der Waals surface area contributed by atoms with Crippen molar-refractivity contribution in [2.24, 2.45) is 5.73 Å². The summed E-state index contributed by atoms with van der Waals surface area (Å²) in [6, 6.07) is 9.45. The molecule has 0 aliphatic carbocycles. The predicted octanol–water partition coefficient (Wildman–Crippen LogP) is 4.71. The van der Waals surface area contributed by atoms with Crippen LogP contribution in [0.3, 0.4) is 0 Å². The molecule has 3 heterocycles. The summed E-state index contributed by atoms with van der Waals surface area (Å²) in [4.78, 5) is 12.6. The molecule has 5 N–H and O–H groups in total. The van der Waals surface area contributed by atoms with E-state index in [0.717, 1.165) is 12.8 Å². The van der Waals surface area contributed by atoms with Crippen molar-refractivity contribution in [1.29, 1.82) is 0 Å².